The topological polar surface area (TPSA) is 99.0 Å². The standard InChI is InChI=1S/C9H12N4O3S/c1-5(2)11-12-9-10-6(4-17-9)7(8(14)15)13-16-3/h4H,1-3H3,(H,10,12)(H,14,15)/p-1/b13-7-. The van der Waals surface area contributed by atoms with E-state index in [9.17, 15) is 9.90 Å². The number of aromatic nitrogens is 1. The zero-order chi connectivity index (χ0) is 12.8. The van der Waals surface area contributed by atoms with E-state index in [0.29, 0.717) is 5.13 Å². The molecule has 0 radical (unpaired) electrons. The van der Waals surface area contributed by atoms with E-state index in [-0.39, 0.29) is 11.4 Å². The Bertz CT molecular complexity index is 463. The van der Waals surface area contributed by atoms with Crippen molar-refractivity contribution in [2.24, 2.45) is 10.3 Å². The maximum atomic E-state index is 10.8. The summed E-state index contributed by atoms with van der Waals surface area (Å²) in [6.07, 6.45) is 0. The van der Waals surface area contributed by atoms with E-state index in [0.717, 1.165) is 5.71 Å². The van der Waals surface area contributed by atoms with Gasteiger partial charge >= 0.3 is 0 Å². The first-order chi connectivity index (χ1) is 8.04. The second-order valence-corrected chi connectivity index (χ2v) is 3.98. The number of carboxylic acid groups (broad SMARTS) is 1. The van der Waals surface area contributed by atoms with Gasteiger partial charge in [0.25, 0.3) is 0 Å². The van der Waals surface area contributed by atoms with Crippen LogP contribution in [0.4, 0.5) is 5.13 Å². The van der Waals surface area contributed by atoms with Crippen molar-refractivity contribution >= 4 is 33.9 Å². The van der Waals surface area contributed by atoms with Crippen LogP contribution in [0, 0.1) is 0 Å². The Labute approximate surface area is 102 Å². The molecule has 0 saturated carbocycles. The summed E-state index contributed by atoms with van der Waals surface area (Å²) in [6.45, 7) is 3.64. The Hall–Kier alpha value is -1.96. The maximum absolute atomic E-state index is 10.8. The third-order valence-corrected chi connectivity index (χ3v) is 2.24. The number of carbonyl (C=O) groups is 1. The van der Waals surface area contributed by atoms with Gasteiger partial charge in [-0.05, 0) is 13.8 Å². The van der Waals surface area contributed by atoms with Gasteiger partial charge in [-0.15, -0.1) is 11.3 Å². The lowest BCUT2D eigenvalue weighted by molar-refractivity contribution is -0.294. The van der Waals surface area contributed by atoms with E-state index >= 15 is 0 Å². The van der Waals surface area contributed by atoms with E-state index < -0.39 is 5.97 Å². The van der Waals surface area contributed by atoms with Crippen molar-refractivity contribution in [2.75, 3.05) is 12.5 Å². The lowest BCUT2D eigenvalue weighted by atomic mass is 10.3. The Balaban J connectivity index is 2.89. The largest absolute Gasteiger partial charge is 0.543 e. The van der Waals surface area contributed by atoms with Crippen molar-refractivity contribution in [1.29, 1.82) is 0 Å². The molecular weight excluding hydrogens is 244 g/mol. The second-order valence-electron chi connectivity index (χ2n) is 3.12. The van der Waals surface area contributed by atoms with Crippen molar-refractivity contribution in [2.45, 2.75) is 13.8 Å². The molecule has 1 heterocycles. The number of anilines is 1. The van der Waals surface area contributed by atoms with Crippen LogP contribution in [0.3, 0.4) is 0 Å². The molecule has 0 atom stereocenters. The van der Waals surface area contributed by atoms with Crippen LogP contribution in [0.5, 0.6) is 0 Å². The molecule has 0 aliphatic rings. The van der Waals surface area contributed by atoms with Gasteiger partial charge < -0.3 is 14.7 Å². The molecule has 1 aromatic rings. The zero-order valence-electron chi connectivity index (χ0n) is 9.55. The first kappa shape index (κ1) is 13.1. The molecule has 1 N–H and O–H groups in total. The van der Waals surface area contributed by atoms with Crippen LogP contribution >= 0.6 is 11.3 Å². The summed E-state index contributed by atoms with van der Waals surface area (Å²) in [5.41, 5.74) is 3.33. The molecule has 0 aromatic carbocycles. The lowest BCUT2D eigenvalue weighted by Crippen LogP contribution is -2.32. The van der Waals surface area contributed by atoms with Gasteiger partial charge in [0.2, 0.25) is 5.13 Å². The van der Waals surface area contributed by atoms with Gasteiger partial charge in [-0.3, -0.25) is 5.43 Å². The van der Waals surface area contributed by atoms with Crippen LogP contribution in [0.2, 0.25) is 0 Å². The number of nitrogens with zero attached hydrogens (tertiary/aromatic N) is 3. The molecule has 1 aromatic heterocycles. The smallest absolute Gasteiger partial charge is 0.203 e. The zero-order valence-corrected chi connectivity index (χ0v) is 10.4. The highest BCUT2D eigenvalue weighted by Gasteiger charge is 2.10. The molecule has 7 nitrogen and oxygen atoms in total. The Morgan fingerprint density at radius 3 is 2.82 bits per heavy atom. The van der Waals surface area contributed by atoms with Crippen molar-refractivity contribution in [3.05, 3.63) is 11.1 Å². The Morgan fingerprint density at radius 1 is 1.59 bits per heavy atom. The molecule has 0 amide bonds. The molecular formula is C9H11N4O3S-. The predicted molar refractivity (Wildman–Crippen MR) is 63.1 cm³/mol. The quantitative estimate of drug-likeness (QED) is 0.592. The highest BCUT2D eigenvalue weighted by molar-refractivity contribution is 7.14. The monoisotopic (exact) mass is 255 g/mol. The summed E-state index contributed by atoms with van der Waals surface area (Å²) in [6, 6.07) is 0. The van der Waals surface area contributed by atoms with E-state index in [1.807, 2.05) is 13.8 Å². The number of hydrazone groups is 1. The fourth-order valence-electron chi connectivity index (χ4n) is 0.873. The lowest BCUT2D eigenvalue weighted by Gasteiger charge is -2.02. The van der Waals surface area contributed by atoms with Crippen molar-refractivity contribution in [1.82, 2.24) is 4.98 Å². The predicted octanol–water partition coefficient (Wildman–Crippen LogP) is 0.0512. The summed E-state index contributed by atoms with van der Waals surface area (Å²) in [4.78, 5) is 19.2. The van der Waals surface area contributed by atoms with E-state index in [4.69, 9.17) is 0 Å². The number of carboxylic acids is 1. The Kier molecular flexibility index (Phi) is 4.58. The van der Waals surface area contributed by atoms with Gasteiger partial charge in [0.05, 0.1) is 5.97 Å². The number of hydrogen-bond acceptors (Lipinski definition) is 8. The average molecular weight is 255 g/mol. The SMILES string of the molecule is CO/N=C(\C(=O)[O-])c1csc(NN=C(C)C)n1. The summed E-state index contributed by atoms with van der Waals surface area (Å²) < 4.78 is 0. The van der Waals surface area contributed by atoms with Crippen LogP contribution in [-0.4, -0.2) is 29.5 Å². The Morgan fingerprint density at radius 2 is 2.29 bits per heavy atom. The third kappa shape index (κ3) is 3.83. The average Bonchev–Trinajstić information content (AvgIpc) is 2.71. The van der Waals surface area contributed by atoms with Crippen molar-refractivity contribution in [3.8, 4) is 0 Å². The molecule has 0 saturated heterocycles. The minimum Gasteiger partial charge on any atom is -0.543 e. The number of hydrogen-bond donors (Lipinski definition) is 1. The fraction of sp³-hybridized carbons (Fsp3) is 0.333. The van der Waals surface area contributed by atoms with Crippen LogP contribution in [-0.2, 0) is 9.63 Å². The molecule has 0 bridgehead atoms. The number of thiazole rings is 1. The number of nitrogens with one attached hydrogen (secondary N) is 1. The molecule has 0 aliphatic heterocycles. The molecule has 0 aliphatic carbocycles. The van der Waals surface area contributed by atoms with Crippen molar-refractivity contribution < 1.29 is 14.7 Å². The molecule has 8 heteroatoms. The third-order valence-electron chi connectivity index (χ3n) is 1.50. The van der Waals surface area contributed by atoms with E-state index in [1.165, 1.54) is 23.8 Å². The number of oxime groups is 1. The normalized spacial score (nSPS) is 10.9. The van der Waals surface area contributed by atoms with E-state index in [2.05, 4.69) is 25.5 Å². The first-order valence-corrected chi connectivity index (χ1v) is 5.48. The summed E-state index contributed by atoms with van der Waals surface area (Å²) >= 11 is 1.21. The summed E-state index contributed by atoms with van der Waals surface area (Å²) in [7, 11) is 1.25. The van der Waals surface area contributed by atoms with Crippen LogP contribution in [0.15, 0.2) is 15.6 Å². The highest BCUT2D eigenvalue weighted by atomic mass is 32.1. The van der Waals surface area contributed by atoms with Crippen LogP contribution < -0.4 is 10.5 Å². The highest BCUT2D eigenvalue weighted by Crippen LogP contribution is 2.16. The summed E-state index contributed by atoms with van der Waals surface area (Å²) in [5, 5.41) is 20.0. The maximum Gasteiger partial charge on any atom is 0.203 e. The van der Waals surface area contributed by atoms with Gasteiger partial charge in [0, 0.05) is 11.1 Å². The molecule has 0 unspecified atom stereocenters. The molecule has 1 rings (SSSR count). The summed E-state index contributed by atoms with van der Waals surface area (Å²) in [5.74, 6) is -1.45. The minimum absolute atomic E-state index is 0.170. The minimum atomic E-state index is -1.45. The molecule has 0 fully saturated rings. The van der Waals surface area contributed by atoms with Gasteiger partial charge in [0.1, 0.15) is 12.8 Å². The van der Waals surface area contributed by atoms with Crippen LogP contribution in [0.1, 0.15) is 19.5 Å². The molecule has 17 heavy (non-hydrogen) atoms. The number of rotatable bonds is 5. The molecule has 92 valence electrons. The second kappa shape index (κ2) is 5.94. The van der Waals surface area contributed by atoms with E-state index in [1.54, 1.807) is 0 Å². The number of carbonyl (C=O) groups excluding carboxylic acids is 1. The fourth-order valence-corrected chi connectivity index (χ4v) is 1.51. The van der Waals surface area contributed by atoms with Gasteiger partial charge in [-0.1, -0.05) is 5.16 Å². The van der Waals surface area contributed by atoms with Crippen LogP contribution in [0.25, 0.3) is 0 Å². The van der Waals surface area contributed by atoms with Gasteiger partial charge in [-0.2, -0.15) is 5.10 Å². The number of aliphatic carboxylic acids is 1. The first-order valence-electron chi connectivity index (χ1n) is 4.60. The van der Waals surface area contributed by atoms with Crippen molar-refractivity contribution in [3.63, 3.8) is 0 Å². The van der Waals surface area contributed by atoms with Gasteiger partial charge in [-0.25, -0.2) is 4.98 Å². The van der Waals surface area contributed by atoms with Gasteiger partial charge in [0.15, 0.2) is 5.71 Å². The molecule has 0 spiro atoms.